The molecule has 0 heterocycles. The lowest BCUT2D eigenvalue weighted by molar-refractivity contribution is -0.131. The van der Waals surface area contributed by atoms with Crippen molar-refractivity contribution in [3.8, 4) is 6.07 Å². The number of rotatable bonds is 11. The summed E-state index contributed by atoms with van der Waals surface area (Å²) in [6.07, 6.45) is 2.47. The summed E-state index contributed by atoms with van der Waals surface area (Å²) in [5.74, 6) is -0.766. The van der Waals surface area contributed by atoms with Crippen LogP contribution in [0.2, 0.25) is 0 Å². The molecule has 25 heavy (non-hydrogen) atoms. The van der Waals surface area contributed by atoms with Crippen molar-refractivity contribution in [3.63, 3.8) is 0 Å². The predicted octanol–water partition coefficient (Wildman–Crippen LogP) is 0.793. The van der Waals surface area contributed by atoms with Crippen LogP contribution in [-0.4, -0.2) is 47.3 Å². The van der Waals surface area contributed by atoms with Crippen molar-refractivity contribution in [2.45, 2.75) is 52.2 Å². The van der Waals surface area contributed by atoms with Crippen molar-refractivity contribution in [1.82, 2.24) is 10.6 Å². The molecule has 0 saturated carbocycles. The number of carbonyl (C=O) groups excluding carboxylic acids is 2. The van der Waals surface area contributed by atoms with Gasteiger partial charge in [-0.05, 0) is 31.3 Å². The third kappa shape index (κ3) is 10.3. The minimum Gasteiger partial charge on any atom is -0.396 e. The highest BCUT2D eigenvalue weighted by Crippen LogP contribution is 2.21. The van der Waals surface area contributed by atoms with Gasteiger partial charge in [-0.2, -0.15) is 5.26 Å². The van der Waals surface area contributed by atoms with Crippen molar-refractivity contribution in [2.24, 2.45) is 5.41 Å². The Bertz CT molecular complexity index is 535. The summed E-state index contributed by atoms with van der Waals surface area (Å²) >= 11 is 0. The number of nitrogens with zero attached hydrogens (tertiary/aromatic N) is 1. The van der Waals surface area contributed by atoms with Crippen molar-refractivity contribution in [2.75, 3.05) is 13.2 Å². The van der Waals surface area contributed by atoms with E-state index in [9.17, 15) is 14.7 Å². The SMILES string of the molecule is C=C/C=C(/C#N)CCC(=O)NC(C)CNC(=O)C(O)CC(C)(C)CO. The first-order valence-electron chi connectivity index (χ1n) is 8.23. The largest absolute Gasteiger partial charge is 0.396 e. The molecule has 0 bridgehead atoms. The van der Waals surface area contributed by atoms with E-state index in [2.05, 4.69) is 17.2 Å². The number of nitrogens with one attached hydrogen (secondary N) is 2. The first kappa shape index (κ1) is 22.8. The van der Waals surface area contributed by atoms with E-state index < -0.39 is 17.4 Å². The molecule has 0 aromatic carbocycles. The van der Waals surface area contributed by atoms with Gasteiger partial charge in [0.15, 0.2) is 0 Å². The van der Waals surface area contributed by atoms with Crippen LogP contribution in [0.1, 0.15) is 40.0 Å². The zero-order chi connectivity index (χ0) is 19.5. The highest BCUT2D eigenvalue weighted by Gasteiger charge is 2.25. The lowest BCUT2D eigenvalue weighted by Crippen LogP contribution is -2.45. The Morgan fingerprint density at radius 1 is 1.36 bits per heavy atom. The first-order chi connectivity index (χ1) is 11.6. The molecule has 0 aliphatic carbocycles. The summed E-state index contributed by atoms with van der Waals surface area (Å²) in [6.45, 7) is 8.78. The molecule has 2 unspecified atom stereocenters. The Kier molecular flexibility index (Phi) is 10.4. The number of aliphatic hydroxyl groups is 2. The number of hydrogen-bond donors (Lipinski definition) is 4. The summed E-state index contributed by atoms with van der Waals surface area (Å²) < 4.78 is 0. The van der Waals surface area contributed by atoms with E-state index >= 15 is 0 Å². The Morgan fingerprint density at radius 3 is 2.52 bits per heavy atom. The molecule has 0 aliphatic heterocycles. The molecular formula is C18H29N3O4. The van der Waals surface area contributed by atoms with E-state index in [4.69, 9.17) is 10.4 Å². The quantitative estimate of drug-likeness (QED) is 0.324. The normalized spacial score (nSPS) is 14.2. The standard InChI is InChI=1S/C18H29N3O4/c1-5-6-14(10-19)7-8-16(24)21-13(2)11-20-17(25)15(23)9-18(3,4)12-22/h5-6,13,15,22-23H,1,7-9,11-12H2,2-4H3,(H,20,25)(H,21,24)/b14-6+. The lowest BCUT2D eigenvalue weighted by atomic mass is 9.87. The Hall–Kier alpha value is -2.17. The second-order valence-corrected chi connectivity index (χ2v) is 6.80. The molecule has 0 aromatic rings. The monoisotopic (exact) mass is 351 g/mol. The molecule has 0 saturated heterocycles. The van der Waals surface area contributed by atoms with E-state index in [1.54, 1.807) is 26.8 Å². The van der Waals surface area contributed by atoms with Gasteiger partial charge in [-0.3, -0.25) is 9.59 Å². The number of amides is 2. The minimum absolute atomic E-state index is 0.130. The van der Waals surface area contributed by atoms with Gasteiger partial charge in [0.1, 0.15) is 6.10 Å². The molecule has 0 fully saturated rings. The van der Waals surface area contributed by atoms with Gasteiger partial charge in [-0.25, -0.2) is 0 Å². The van der Waals surface area contributed by atoms with Crippen molar-refractivity contribution < 1.29 is 19.8 Å². The summed E-state index contributed by atoms with van der Waals surface area (Å²) in [5.41, 5.74) is -0.0747. The van der Waals surface area contributed by atoms with Crippen LogP contribution >= 0.6 is 0 Å². The predicted molar refractivity (Wildman–Crippen MR) is 95.2 cm³/mol. The van der Waals surface area contributed by atoms with E-state index in [1.807, 2.05) is 6.07 Å². The average Bonchev–Trinajstić information content (AvgIpc) is 2.55. The number of carbonyl (C=O) groups is 2. The van der Waals surface area contributed by atoms with Gasteiger partial charge in [0.2, 0.25) is 11.8 Å². The van der Waals surface area contributed by atoms with Gasteiger partial charge in [-0.15, -0.1) is 0 Å². The van der Waals surface area contributed by atoms with Crippen LogP contribution in [0.3, 0.4) is 0 Å². The number of hydrogen-bond acceptors (Lipinski definition) is 5. The Labute approximate surface area is 149 Å². The van der Waals surface area contributed by atoms with E-state index in [-0.39, 0.29) is 37.9 Å². The maximum absolute atomic E-state index is 11.8. The van der Waals surface area contributed by atoms with Gasteiger partial charge in [-0.1, -0.05) is 26.5 Å². The second kappa shape index (κ2) is 11.4. The number of nitriles is 1. The van der Waals surface area contributed by atoms with Crippen LogP contribution in [0.5, 0.6) is 0 Å². The van der Waals surface area contributed by atoms with Crippen molar-refractivity contribution in [1.29, 1.82) is 5.26 Å². The van der Waals surface area contributed by atoms with Crippen LogP contribution in [-0.2, 0) is 9.59 Å². The maximum Gasteiger partial charge on any atom is 0.248 e. The second-order valence-electron chi connectivity index (χ2n) is 6.80. The third-order valence-electron chi connectivity index (χ3n) is 3.55. The Balaban J connectivity index is 4.22. The highest BCUT2D eigenvalue weighted by molar-refractivity contribution is 5.80. The lowest BCUT2D eigenvalue weighted by Gasteiger charge is -2.24. The van der Waals surface area contributed by atoms with Crippen LogP contribution in [0.4, 0.5) is 0 Å². The van der Waals surface area contributed by atoms with Gasteiger partial charge >= 0.3 is 0 Å². The van der Waals surface area contributed by atoms with Gasteiger partial charge in [0.25, 0.3) is 0 Å². The van der Waals surface area contributed by atoms with Crippen LogP contribution in [0, 0.1) is 16.7 Å². The summed E-state index contributed by atoms with van der Waals surface area (Å²) in [6, 6.07) is 1.68. The zero-order valence-corrected chi connectivity index (χ0v) is 15.2. The van der Waals surface area contributed by atoms with Crippen LogP contribution < -0.4 is 10.6 Å². The minimum atomic E-state index is -1.22. The zero-order valence-electron chi connectivity index (χ0n) is 15.2. The average molecular weight is 351 g/mol. The summed E-state index contributed by atoms with van der Waals surface area (Å²) in [5, 5.41) is 33.2. The molecule has 0 aliphatic rings. The fourth-order valence-corrected chi connectivity index (χ4v) is 2.02. The maximum atomic E-state index is 11.8. The topological polar surface area (TPSA) is 122 Å². The highest BCUT2D eigenvalue weighted by atomic mass is 16.3. The molecule has 4 N–H and O–H groups in total. The Morgan fingerprint density at radius 2 is 2.00 bits per heavy atom. The van der Waals surface area contributed by atoms with Crippen LogP contribution in [0.15, 0.2) is 24.3 Å². The van der Waals surface area contributed by atoms with Crippen molar-refractivity contribution in [3.05, 3.63) is 24.3 Å². The van der Waals surface area contributed by atoms with Crippen LogP contribution in [0.25, 0.3) is 0 Å². The molecule has 7 heteroatoms. The van der Waals surface area contributed by atoms with E-state index in [1.165, 1.54) is 6.08 Å². The number of aliphatic hydroxyl groups excluding tert-OH is 2. The molecule has 2 atom stereocenters. The summed E-state index contributed by atoms with van der Waals surface area (Å²) in [4.78, 5) is 23.7. The molecule has 0 rings (SSSR count). The molecule has 0 radical (unpaired) electrons. The first-order valence-corrected chi connectivity index (χ1v) is 8.23. The van der Waals surface area contributed by atoms with E-state index in [0.29, 0.717) is 12.0 Å². The van der Waals surface area contributed by atoms with Gasteiger partial charge in [0.05, 0.1) is 6.07 Å². The molecule has 0 spiro atoms. The van der Waals surface area contributed by atoms with Gasteiger partial charge in [0, 0.05) is 31.2 Å². The molecule has 2 amide bonds. The van der Waals surface area contributed by atoms with E-state index in [0.717, 1.165) is 0 Å². The third-order valence-corrected chi connectivity index (χ3v) is 3.55. The molecule has 140 valence electrons. The smallest absolute Gasteiger partial charge is 0.248 e. The summed E-state index contributed by atoms with van der Waals surface area (Å²) in [7, 11) is 0. The molecular weight excluding hydrogens is 322 g/mol. The van der Waals surface area contributed by atoms with Gasteiger partial charge < -0.3 is 20.8 Å². The van der Waals surface area contributed by atoms with Crippen molar-refractivity contribution >= 4 is 11.8 Å². The number of allylic oxidation sites excluding steroid dienone is 3. The molecule has 0 aromatic heterocycles. The fraction of sp³-hybridized carbons (Fsp3) is 0.611. The molecule has 7 nitrogen and oxygen atoms in total. The fourth-order valence-electron chi connectivity index (χ4n) is 2.02.